The van der Waals surface area contributed by atoms with Crippen molar-refractivity contribution in [3.63, 3.8) is 0 Å². The second-order valence-electron chi connectivity index (χ2n) is 5.61. The monoisotopic (exact) mass is 266 g/mol. The number of allylic oxidation sites excluding steroid dienone is 2. The fourth-order valence-corrected chi connectivity index (χ4v) is 2.52. The van der Waals surface area contributed by atoms with Gasteiger partial charge >= 0.3 is 5.97 Å². The molecule has 110 valence electrons. The van der Waals surface area contributed by atoms with Crippen molar-refractivity contribution in [1.29, 1.82) is 0 Å². The zero-order valence-corrected chi connectivity index (χ0v) is 12.5. The van der Waals surface area contributed by atoms with Crippen LogP contribution in [-0.4, -0.2) is 12.1 Å². The van der Waals surface area contributed by atoms with Crippen LogP contribution in [0, 0.1) is 0 Å². The van der Waals surface area contributed by atoms with Crippen LogP contribution in [0.3, 0.4) is 0 Å². The predicted molar refractivity (Wildman–Crippen MR) is 80.1 cm³/mol. The summed E-state index contributed by atoms with van der Waals surface area (Å²) in [6.45, 7) is 2.26. The van der Waals surface area contributed by atoms with E-state index in [1.165, 1.54) is 57.8 Å². The van der Waals surface area contributed by atoms with E-state index < -0.39 is 0 Å². The minimum Gasteiger partial charge on any atom is -0.462 e. The third-order valence-electron chi connectivity index (χ3n) is 3.76. The highest BCUT2D eigenvalue weighted by molar-refractivity contribution is 5.71. The van der Waals surface area contributed by atoms with Crippen molar-refractivity contribution < 1.29 is 9.53 Å². The third kappa shape index (κ3) is 8.85. The Morgan fingerprint density at radius 3 is 2.37 bits per heavy atom. The van der Waals surface area contributed by atoms with Crippen LogP contribution in [0.1, 0.15) is 84.0 Å². The van der Waals surface area contributed by atoms with Crippen molar-refractivity contribution >= 4 is 5.97 Å². The summed E-state index contributed by atoms with van der Waals surface area (Å²) in [5.41, 5.74) is 0. The van der Waals surface area contributed by atoms with Gasteiger partial charge in [-0.15, -0.1) is 0 Å². The second kappa shape index (κ2) is 11.1. The Balaban J connectivity index is 1.81. The van der Waals surface area contributed by atoms with E-state index in [2.05, 4.69) is 19.1 Å². The Morgan fingerprint density at radius 2 is 1.74 bits per heavy atom. The van der Waals surface area contributed by atoms with Gasteiger partial charge in [-0.25, -0.2) is 0 Å². The SMILES string of the molecule is CCCCCCC/C=C\CCCC[C@H]1CCC(=O)O1. The number of rotatable bonds is 11. The highest BCUT2D eigenvalue weighted by atomic mass is 16.5. The first-order chi connectivity index (χ1) is 9.33. The van der Waals surface area contributed by atoms with Crippen LogP contribution in [0.4, 0.5) is 0 Å². The molecule has 2 nitrogen and oxygen atoms in total. The minimum absolute atomic E-state index is 0.00651. The van der Waals surface area contributed by atoms with Crippen LogP contribution < -0.4 is 0 Å². The Hall–Kier alpha value is -0.790. The third-order valence-corrected chi connectivity index (χ3v) is 3.76. The van der Waals surface area contributed by atoms with Crippen molar-refractivity contribution in [2.75, 3.05) is 0 Å². The van der Waals surface area contributed by atoms with Gasteiger partial charge < -0.3 is 4.74 Å². The molecule has 1 fully saturated rings. The molecule has 1 rings (SSSR count). The van der Waals surface area contributed by atoms with Crippen molar-refractivity contribution in [3.05, 3.63) is 12.2 Å². The molecule has 0 aromatic heterocycles. The van der Waals surface area contributed by atoms with Gasteiger partial charge in [0.1, 0.15) is 6.10 Å². The number of ether oxygens (including phenoxy) is 1. The molecule has 0 bridgehead atoms. The van der Waals surface area contributed by atoms with Gasteiger partial charge in [-0.1, -0.05) is 44.8 Å². The van der Waals surface area contributed by atoms with Crippen molar-refractivity contribution in [2.45, 2.75) is 90.1 Å². The standard InChI is InChI=1S/C17H30O2/c1-2-3-4-5-6-7-8-9-10-11-12-13-16-14-15-17(18)19-16/h8-9,16H,2-7,10-15H2,1H3/b9-8-/t16-/m0/s1. The molecular weight excluding hydrogens is 236 g/mol. The van der Waals surface area contributed by atoms with Crippen LogP contribution in [0.2, 0.25) is 0 Å². The van der Waals surface area contributed by atoms with Crippen LogP contribution in [0.25, 0.3) is 0 Å². The number of hydrogen-bond donors (Lipinski definition) is 0. The Kier molecular flexibility index (Phi) is 9.48. The van der Waals surface area contributed by atoms with E-state index in [4.69, 9.17) is 4.74 Å². The van der Waals surface area contributed by atoms with Crippen LogP contribution in [-0.2, 0) is 9.53 Å². The van der Waals surface area contributed by atoms with Gasteiger partial charge in [0.15, 0.2) is 0 Å². The summed E-state index contributed by atoms with van der Waals surface area (Å²) in [6.07, 6.45) is 19.1. The first-order valence-corrected chi connectivity index (χ1v) is 8.17. The van der Waals surface area contributed by atoms with E-state index in [9.17, 15) is 4.79 Å². The topological polar surface area (TPSA) is 26.3 Å². The highest BCUT2D eigenvalue weighted by Crippen LogP contribution is 2.19. The molecule has 0 unspecified atom stereocenters. The number of carbonyl (C=O) groups is 1. The second-order valence-corrected chi connectivity index (χ2v) is 5.61. The zero-order valence-electron chi connectivity index (χ0n) is 12.5. The lowest BCUT2D eigenvalue weighted by Crippen LogP contribution is -2.05. The van der Waals surface area contributed by atoms with E-state index >= 15 is 0 Å². The Bertz CT molecular complexity index is 258. The molecule has 0 aromatic carbocycles. The van der Waals surface area contributed by atoms with E-state index in [1.807, 2.05) is 0 Å². The molecule has 1 aliphatic heterocycles. The van der Waals surface area contributed by atoms with Gasteiger partial charge in [0.05, 0.1) is 0 Å². The average molecular weight is 266 g/mol. The summed E-state index contributed by atoms with van der Waals surface area (Å²) < 4.78 is 5.20. The number of unbranched alkanes of at least 4 members (excludes halogenated alkanes) is 7. The van der Waals surface area contributed by atoms with E-state index in [1.54, 1.807) is 0 Å². The van der Waals surface area contributed by atoms with Gasteiger partial charge in [0, 0.05) is 6.42 Å². The lowest BCUT2D eigenvalue weighted by Gasteiger charge is -2.07. The summed E-state index contributed by atoms with van der Waals surface area (Å²) in [5.74, 6) is -0.00651. The first kappa shape index (κ1) is 16.3. The van der Waals surface area contributed by atoms with E-state index in [-0.39, 0.29) is 12.1 Å². The molecule has 1 heterocycles. The number of carbonyl (C=O) groups excluding carboxylic acids is 1. The van der Waals surface area contributed by atoms with Gasteiger partial charge in [0.25, 0.3) is 0 Å². The average Bonchev–Trinajstić information content (AvgIpc) is 2.82. The minimum atomic E-state index is -0.00651. The summed E-state index contributed by atoms with van der Waals surface area (Å²) in [4.78, 5) is 10.9. The van der Waals surface area contributed by atoms with Gasteiger partial charge in [-0.3, -0.25) is 4.79 Å². The summed E-state index contributed by atoms with van der Waals surface area (Å²) in [6, 6.07) is 0. The maximum Gasteiger partial charge on any atom is 0.306 e. The summed E-state index contributed by atoms with van der Waals surface area (Å²) in [7, 11) is 0. The van der Waals surface area contributed by atoms with E-state index in [0.717, 1.165) is 12.8 Å². The van der Waals surface area contributed by atoms with Gasteiger partial charge in [-0.2, -0.15) is 0 Å². The zero-order chi connectivity index (χ0) is 13.8. The molecule has 1 aliphatic rings. The molecule has 0 aliphatic carbocycles. The summed E-state index contributed by atoms with van der Waals surface area (Å²) >= 11 is 0. The van der Waals surface area contributed by atoms with E-state index in [0.29, 0.717) is 6.42 Å². The molecule has 0 spiro atoms. The highest BCUT2D eigenvalue weighted by Gasteiger charge is 2.22. The van der Waals surface area contributed by atoms with Gasteiger partial charge in [0.2, 0.25) is 0 Å². The molecule has 1 atom stereocenters. The molecule has 0 amide bonds. The number of hydrogen-bond acceptors (Lipinski definition) is 2. The van der Waals surface area contributed by atoms with Crippen LogP contribution >= 0.6 is 0 Å². The fourth-order valence-electron chi connectivity index (χ4n) is 2.52. The molecule has 19 heavy (non-hydrogen) atoms. The smallest absolute Gasteiger partial charge is 0.306 e. The van der Waals surface area contributed by atoms with Crippen molar-refractivity contribution in [3.8, 4) is 0 Å². The molecule has 1 saturated heterocycles. The lowest BCUT2D eigenvalue weighted by atomic mass is 10.1. The van der Waals surface area contributed by atoms with Crippen molar-refractivity contribution in [1.82, 2.24) is 0 Å². The molecule has 0 N–H and O–H groups in total. The first-order valence-electron chi connectivity index (χ1n) is 8.17. The lowest BCUT2D eigenvalue weighted by molar-refractivity contribution is -0.141. The molecule has 2 heteroatoms. The maximum absolute atomic E-state index is 10.9. The quantitative estimate of drug-likeness (QED) is 0.293. The Labute approximate surface area is 118 Å². The van der Waals surface area contributed by atoms with Crippen LogP contribution in [0.15, 0.2) is 12.2 Å². The van der Waals surface area contributed by atoms with Crippen molar-refractivity contribution in [2.24, 2.45) is 0 Å². The normalized spacial score (nSPS) is 19.2. The Morgan fingerprint density at radius 1 is 1.05 bits per heavy atom. The van der Waals surface area contributed by atoms with Crippen LogP contribution in [0.5, 0.6) is 0 Å². The number of esters is 1. The molecule has 0 aromatic rings. The molecular formula is C17H30O2. The predicted octanol–water partition coefficient (Wildman–Crippen LogP) is 5.17. The summed E-state index contributed by atoms with van der Waals surface area (Å²) in [5, 5.41) is 0. The number of cyclic esters (lactones) is 1. The fraction of sp³-hybridized carbons (Fsp3) is 0.824. The molecule has 0 radical (unpaired) electrons. The largest absolute Gasteiger partial charge is 0.462 e. The maximum atomic E-state index is 10.9. The van der Waals surface area contributed by atoms with Gasteiger partial charge in [-0.05, 0) is 44.9 Å². The molecule has 0 saturated carbocycles.